The second-order valence-corrected chi connectivity index (χ2v) is 9.92. The van der Waals surface area contributed by atoms with Crippen LogP contribution in [-0.4, -0.2) is 51.4 Å². The molecular weight excluding hydrogens is 573 g/mol. The molecule has 2 aliphatic rings. The van der Waals surface area contributed by atoms with Gasteiger partial charge in [-0.1, -0.05) is 18.2 Å². The second kappa shape index (κ2) is 10.6. The van der Waals surface area contributed by atoms with Gasteiger partial charge in [-0.3, -0.25) is 29.4 Å². The number of carbonyl (C=O) groups is 3. The van der Waals surface area contributed by atoms with Crippen molar-refractivity contribution in [3.05, 3.63) is 72.2 Å². The fourth-order valence-electron chi connectivity index (χ4n) is 3.63. The van der Waals surface area contributed by atoms with Gasteiger partial charge in [-0.25, -0.2) is 0 Å². The van der Waals surface area contributed by atoms with Gasteiger partial charge in [0.25, 0.3) is 16.8 Å². The summed E-state index contributed by atoms with van der Waals surface area (Å²) in [7, 11) is 0. The number of benzene rings is 2. The second-order valence-electron chi connectivity index (χ2n) is 7.76. The lowest BCUT2D eigenvalue weighted by atomic mass is 10.2. The van der Waals surface area contributed by atoms with Crippen molar-refractivity contribution in [1.29, 1.82) is 0 Å². The fourth-order valence-corrected chi connectivity index (χ4v) is 5.17. The van der Waals surface area contributed by atoms with Gasteiger partial charge in [0.1, 0.15) is 18.9 Å². The number of hydrogen-bond acceptors (Lipinski definition) is 7. The topological polar surface area (TPSA) is 110 Å². The third-order valence-electron chi connectivity index (χ3n) is 5.40. The van der Waals surface area contributed by atoms with Crippen LogP contribution in [0.3, 0.4) is 0 Å². The summed E-state index contributed by atoms with van der Waals surface area (Å²) < 4.78 is 6.58. The van der Waals surface area contributed by atoms with Crippen LogP contribution in [0.25, 0.3) is 6.08 Å². The van der Waals surface area contributed by atoms with Crippen molar-refractivity contribution in [3.63, 3.8) is 0 Å². The molecule has 2 saturated heterocycles. The maximum absolute atomic E-state index is 12.7. The van der Waals surface area contributed by atoms with E-state index in [2.05, 4.69) is 22.6 Å². The highest BCUT2D eigenvalue weighted by molar-refractivity contribution is 14.1. The predicted molar refractivity (Wildman–Crippen MR) is 135 cm³/mol. The Morgan fingerprint density at radius 2 is 1.94 bits per heavy atom. The number of rotatable bonds is 7. The van der Waals surface area contributed by atoms with Crippen molar-refractivity contribution in [2.45, 2.75) is 19.4 Å². The van der Waals surface area contributed by atoms with E-state index in [-0.39, 0.29) is 29.7 Å². The van der Waals surface area contributed by atoms with E-state index in [1.165, 1.54) is 12.1 Å². The van der Waals surface area contributed by atoms with E-state index in [0.717, 1.165) is 33.1 Å². The Balaban J connectivity index is 1.41. The maximum Gasteiger partial charge on any atom is 0.294 e. The van der Waals surface area contributed by atoms with E-state index >= 15 is 0 Å². The molecule has 11 heteroatoms. The highest BCUT2D eigenvalue weighted by Crippen LogP contribution is 2.33. The van der Waals surface area contributed by atoms with Crippen LogP contribution in [0.4, 0.5) is 10.5 Å². The number of nitro groups is 1. The normalized spacial score (nSPS) is 17.0. The molecule has 2 heterocycles. The first-order valence-corrected chi connectivity index (χ1v) is 12.4. The SMILES string of the molecule is O=C(CN1C(=O)S/C(=C/c2ccc(OCc3cccc([N+](=O)[O-])c3)c(I)c2)C1=O)N1CCCC1. The number of amides is 3. The molecule has 2 aromatic rings. The van der Waals surface area contributed by atoms with E-state index in [1.807, 2.05) is 6.07 Å². The van der Waals surface area contributed by atoms with Gasteiger partial charge in [-0.15, -0.1) is 0 Å². The number of halogens is 1. The van der Waals surface area contributed by atoms with Gasteiger partial charge in [-0.2, -0.15) is 0 Å². The van der Waals surface area contributed by atoms with Crippen molar-refractivity contribution in [2.24, 2.45) is 0 Å². The summed E-state index contributed by atoms with van der Waals surface area (Å²) in [6.45, 7) is 1.27. The van der Waals surface area contributed by atoms with Gasteiger partial charge in [-0.05, 0) is 76.5 Å². The molecule has 3 amide bonds. The smallest absolute Gasteiger partial charge is 0.294 e. The standard InChI is InChI=1S/C23H20IN3O6S/c24-18-11-15(6-7-19(18)33-14-16-4-3-5-17(10-16)27(31)32)12-20-22(29)26(23(30)34-20)13-21(28)25-8-1-2-9-25/h3-7,10-12H,1-2,8-9,13-14H2/b20-12+. The average Bonchev–Trinajstić information content (AvgIpc) is 3.44. The average molecular weight is 593 g/mol. The minimum Gasteiger partial charge on any atom is -0.488 e. The largest absolute Gasteiger partial charge is 0.488 e. The summed E-state index contributed by atoms with van der Waals surface area (Å²) in [5.41, 5.74) is 1.39. The number of likely N-dealkylation sites (tertiary alicyclic amines) is 1. The first-order valence-electron chi connectivity index (χ1n) is 10.5. The molecule has 0 bridgehead atoms. The van der Waals surface area contributed by atoms with Crippen LogP contribution in [0.1, 0.15) is 24.0 Å². The maximum atomic E-state index is 12.7. The molecule has 0 saturated carbocycles. The molecule has 176 valence electrons. The lowest BCUT2D eigenvalue weighted by Gasteiger charge is -2.18. The zero-order valence-electron chi connectivity index (χ0n) is 17.9. The number of ether oxygens (including phenoxy) is 1. The Labute approximate surface area is 213 Å². The third kappa shape index (κ3) is 5.58. The van der Waals surface area contributed by atoms with E-state index in [9.17, 15) is 24.5 Å². The number of non-ortho nitro benzene ring substituents is 1. The molecule has 0 unspecified atom stereocenters. The van der Waals surface area contributed by atoms with Crippen LogP contribution in [0.2, 0.25) is 0 Å². The first-order chi connectivity index (χ1) is 16.3. The minimum absolute atomic E-state index is 0.00206. The van der Waals surface area contributed by atoms with Crippen molar-refractivity contribution < 1.29 is 24.0 Å². The predicted octanol–water partition coefficient (Wildman–Crippen LogP) is 4.44. The molecule has 0 aliphatic carbocycles. The molecule has 4 rings (SSSR count). The number of carbonyl (C=O) groups excluding carboxylic acids is 3. The lowest BCUT2D eigenvalue weighted by Crippen LogP contribution is -2.40. The molecular formula is C23H20IN3O6S. The van der Waals surface area contributed by atoms with Crippen molar-refractivity contribution in [3.8, 4) is 5.75 Å². The molecule has 2 aromatic carbocycles. The third-order valence-corrected chi connectivity index (χ3v) is 7.15. The molecule has 34 heavy (non-hydrogen) atoms. The summed E-state index contributed by atoms with van der Waals surface area (Å²) in [6, 6.07) is 11.6. The minimum atomic E-state index is -0.469. The number of nitro benzene ring substituents is 1. The number of hydrogen-bond donors (Lipinski definition) is 0. The fraction of sp³-hybridized carbons (Fsp3) is 0.261. The molecule has 9 nitrogen and oxygen atoms in total. The van der Waals surface area contributed by atoms with Gasteiger partial charge in [0.15, 0.2) is 0 Å². The Morgan fingerprint density at radius 3 is 2.65 bits per heavy atom. The van der Waals surface area contributed by atoms with Gasteiger partial charge in [0.2, 0.25) is 5.91 Å². The van der Waals surface area contributed by atoms with Gasteiger partial charge >= 0.3 is 0 Å². The van der Waals surface area contributed by atoms with Crippen LogP contribution in [0.15, 0.2) is 47.4 Å². The van der Waals surface area contributed by atoms with Gasteiger partial charge < -0.3 is 9.64 Å². The summed E-state index contributed by atoms with van der Waals surface area (Å²) in [5.74, 6) is -0.0852. The first kappa shape index (κ1) is 24.2. The molecule has 0 radical (unpaired) electrons. The zero-order chi connectivity index (χ0) is 24.2. The Bertz CT molecular complexity index is 1190. The van der Waals surface area contributed by atoms with Crippen LogP contribution in [-0.2, 0) is 16.2 Å². The van der Waals surface area contributed by atoms with Gasteiger partial charge in [0.05, 0.1) is 13.4 Å². The van der Waals surface area contributed by atoms with Crippen molar-refractivity contribution >= 4 is 63.2 Å². The molecule has 0 spiro atoms. The summed E-state index contributed by atoms with van der Waals surface area (Å²) in [4.78, 5) is 50.8. The van der Waals surface area contributed by atoms with Crippen LogP contribution in [0.5, 0.6) is 5.75 Å². The number of nitrogens with zero attached hydrogens (tertiary/aromatic N) is 3. The van der Waals surface area contributed by atoms with Gasteiger partial charge in [0, 0.05) is 25.2 Å². The van der Waals surface area contributed by atoms with Crippen molar-refractivity contribution in [1.82, 2.24) is 9.80 Å². The Morgan fingerprint density at radius 1 is 1.18 bits per heavy atom. The van der Waals surface area contributed by atoms with Crippen LogP contribution < -0.4 is 4.74 Å². The molecule has 2 aliphatic heterocycles. The van der Waals surface area contributed by atoms with Crippen LogP contribution in [0, 0.1) is 13.7 Å². The van der Waals surface area contributed by atoms with E-state index in [4.69, 9.17) is 4.74 Å². The molecule has 0 aromatic heterocycles. The van der Waals surface area contributed by atoms with E-state index in [1.54, 1.807) is 35.2 Å². The quantitative estimate of drug-likeness (QED) is 0.202. The monoisotopic (exact) mass is 593 g/mol. The van der Waals surface area contributed by atoms with E-state index in [0.29, 0.717) is 30.0 Å². The summed E-state index contributed by atoms with van der Waals surface area (Å²) >= 11 is 2.92. The molecule has 2 fully saturated rings. The molecule has 0 atom stereocenters. The zero-order valence-corrected chi connectivity index (χ0v) is 20.9. The van der Waals surface area contributed by atoms with Crippen molar-refractivity contribution in [2.75, 3.05) is 19.6 Å². The number of imide groups is 1. The van der Waals surface area contributed by atoms with Crippen LogP contribution >= 0.6 is 34.4 Å². The van der Waals surface area contributed by atoms with E-state index < -0.39 is 16.1 Å². The molecule has 0 N–H and O–H groups in total. The lowest BCUT2D eigenvalue weighted by molar-refractivity contribution is -0.384. The summed E-state index contributed by atoms with van der Waals surface area (Å²) in [6.07, 6.45) is 3.51. The Kier molecular flexibility index (Phi) is 7.51. The summed E-state index contributed by atoms with van der Waals surface area (Å²) in [5, 5.41) is 10.5. The Hall–Kier alpha value is -2.93. The number of thioether (sulfide) groups is 1. The highest BCUT2D eigenvalue weighted by atomic mass is 127. The highest BCUT2D eigenvalue weighted by Gasteiger charge is 2.37.